The van der Waals surface area contributed by atoms with Crippen molar-refractivity contribution in [3.05, 3.63) is 39.2 Å². The second kappa shape index (κ2) is 7.28. The van der Waals surface area contributed by atoms with Gasteiger partial charge in [0.05, 0.1) is 21.4 Å². The number of thioether (sulfide) groups is 1. The molecule has 0 spiro atoms. The quantitative estimate of drug-likeness (QED) is 0.350. The topological polar surface area (TPSA) is 129 Å². The molecule has 0 aliphatic heterocycles. The number of nitrogen functional groups attached to an aromatic ring is 1. The van der Waals surface area contributed by atoms with Crippen molar-refractivity contribution >= 4 is 40.6 Å². The van der Waals surface area contributed by atoms with E-state index >= 15 is 0 Å². The lowest BCUT2D eigenvalue weighted by Crippen LogP contribution is -2.24. The monoisotopic (exact) mass is 384 g/mol. The zero-order valence-electron chi connectivity index (χ0n) is 13.8. The van der Waals surface area contributed by atoms with Crippen molar-refractivity contribution in [3.8, 4) is 0 Å². The standard InChI is InChI=1S/C14H17ClN6O3S/c1-14(2,3)12-18-19-13(20(12)16)25-7-11(22)17-10-6-8(21(23)24)4-5-9(10)15/h4-6H,7,16H2,1-3H3,(H,17,22). The van der Waals surface area contributed by atoms with Crippen LogP contribution in [0.1, 0.15) is 26.6 Å². The van der Waals surface area contributed by atoms with Crippen LogP contribution in [0, 0.1) is 10.1 Å². The molecule has 0 atom stereocenters. The van der Waals surface area contributed by atoms with Crippen LogP contribution in [-0.2, 0) is 10.2 Å². The summed E-state index contributed by atoms with van der Waals surface area (Å²) in [5.74, 6) is 6.15. The molecule has 1 amide bonds. The summed E-state index contributed by atoms with van der Waals surface area (Å²) in [5.41, 5.74) is -0.269. The van der Waals surface area contributed by atoms with Gasteiger partial charge in [0.25, 0.3) is 5.69 Å². The maximum Gasteiger partial charge on any atom is 0.271 e. The van der Waals surface area contributed by atoms with E-state index in [1.807, 2.05) is 20.8 Å². The first-order chi connectivity index (χ1) is 11.6. The number of hydrogen-bond acceptors (Lipinski definition) is 7. The van der Waals surface area contributed by atoms with Gasteiger partial charge in [0.1, 0.15) is 0 Å². The molecule has 0 aliphatic rings. The molecule has 0 bridgehead atoms. The SMILES string of the molecule is CC(C)(C)c1nnc(SCC(=O)Nc2cc([N+](=O)[O-])ccc2Cl)n1N. The van der Waals surface area contributed by atoms with Crippen LogP contribution in [0.25, 0.3) is 0 Å². The molecule has 2 aromatic rings. The van der Waals surface area contributed by atoms with Gasteiger partial charge in [-0.2, -0.15) is 0 Å². The van der Waals surface area contributed by atoms with Gasteiger partial charge < -0.3 is 11.2 Å². The number of rotatable bonds is 5. The first-order valence-corrected chi connectivity index (χ1v) is 8.53. The van der Waals surface area contributed by atoms with Crippen molar-refractivity contribution < 1.29 is 9.72 Å². The van der Waals surface area contributed by atoms with E-state index in [9.17, 15) is 14.9 Å². The average molecular weight is 385 g/mol. The highest BCUT2D eigenvalue weighted by Gasteiger charge is 2.23. The van der Waals surface area contributed by atoms with E-state index in [-0.39, 0.29) is 27.6 Å². The molecule has 9 nitrogen and oxygen atoms in total. The number of nitro groups is 1. The van der Waals surface area contributed by atoms with E-state index in [0.29, 0.717) is 11.0 Å². The van der Waals surface area contributed by atoms with Gasteiger partial charge in [0.15, 0.2) is 5.82 Å². The normalized spacial score (nSPS) is 11.4. The van der Waals surface area contributed by atoms with E-state index in [0.717, 1.165) is 11.8 Å². The number of amides is 1. The Morgan fingerprint density at radius 2 is 2.12 bits per heavy atom. The number of carbonyl (C=O) groups is 1. The molecule has 0 unspecified atom stereocenters. The lowest BCUT2D eigenvalue weighted by molar-refractivity contribution is -0.384. The Morgan fingerprint density at radius 3 is 2.68 bits per heavy atom. The van der Waals surface area contributed by atoms with Crippen molar-refractivity contribution in [2.45, 2.75) is 31.3 Å². The Morgan fingerprint density at radius 1 is 1.44 bits per heavy atom. The fraction of sp³-hybridized carbons (Fsp3) is 0.357. The summed E-state index contributed by atoms with van der Waals surface area (Å²) < 4.78 is 1.35. The van der Waals surface area contributed by atoms with Gasteiger partial charge in [0, 0.05) is 17.5 Å². The fourth-order valence-corrected chi connectivity index (χ4v) is 2.75. The molecule has 1 aromatic heterocycles. The molecule has 3 N–H and O–H groups in total. The van der Waals surface area contributed by atoms with E-state index in [1.54, 1.807) is 0 Å². The minimum absolute atomic E-state index is 0.00149. The summed E-state index contributed by atoms with van der Waals surface area (Å²) in [7, 11) is 0. The number of nitrogens with zero attached hydrogens (tertiary/aromatic N) is 4. The van der Waals surface area contributed by atoms with Crippen LogP contribution in [0.4, 0.5) is 11.4 Å². The van der Waals surface area contributed by atoms with Crippen molar-refractivity contribution in [2.24, 2.45) is 0 Å². The van der Waals surface area contributed by atoms with Crippen LogP contribution in [0.3, 0.4) is 0 Å². The summed E-state index contributed by atoms with van der Waals surface area (Å²) >= 11 is 7.05. The van der Waals surface area contributed by atoms with Crippen LogP contribution in [-0.4, -0.2) is 31.5 Å². The molecule has 1 heterocycles. The Bertz CT molecular complexity index is 817. The number of nitrogens with two attached hydrogens (primary N) is 1. The van der Waals surface area contributed by atoms with Gasteiger partial charge in [-0.15, -0.1) is 10.2 Å². The molecule has 0 saturated heterocycles. The van der Waals surface area contributed by atoms with E-state index in [4.69, 9.17) is 17.4 Å². The molecule has 2 rings (SSSR count). The maximum atomic E-state index is 12.1. The third-order valence-electron chi connectivity index (χ3n) is 3.10. The third kappa shape index (κ3) is 4.60. The third-order valence-corrected chi connectivity index (χ3v) is 4.38. The Balaban J connectivity index is 2.04. The highest BCUT2D eigenvalue weighted by Crippen LogP contribution is 2.27. The van der Waals surface area contributed by atoms with Crippen LogP contribution in [0.2, 0.25) is 5.02 Å². The zero-order valence-corrected chi connectivity index (χ0v) is 15.4. The van der Waals surface area contributed by atoms with Crippen molar-refractivity contribution in [1.29, 1.82) is 0 Å². The van der Waals surface area contributed by atoms with Gasteiger partial charge in [0.2, 0.25) is 11.1 Å². The molecule has 0 saturated carbocycles. The summed E-state index contributed by atoms with van der Waals surface area (Å²) in [6.45, 7) is 5.85. The van der Waals surface area contributed by atoms with Crippen LogP contribution >= 0.6 is 23.4 Å². The van der Waals surface area contributed by atoms with Gasteiger partial charge in [-0.25, -0.2) is 4.68 Å². The van der Waals surface area contributed by atoms with E-state index in [1.165, 1.54) is 22.9 Å². The van der Waals surface area contributed by atoms with E-state index in [2.05, 4.69) is 15.5 Å². The molecule has 11 heteroatoms. The highest BCUT2D eigenvalue weighted by atomic mass is 35.5. The number of nitrogens with one attached hydrogen (secondary N) is 1. The number of nitro benzene ring substituents is 1. The summed E-state index contributed by atoms with van der Waals surface area (Å²) in [4.78, 5) is 22.3. The van der Waals surface area contributed by atoms with Crippen molar-refractivity contribution in [2.75, 3.05) is 16.9 Å². The predicted octanol–water partition coefficient (Wildman–Crippen LogP) is 2.58. The minimum atomic E-state index is -0.564. The summed E-state index contributed by atoms with van der Waals surface area (Å²) in [5, 5.41) is 21.9. The molecule has 0 radical (unpaired) electrons. The number of benzene rings is 1. The maximum absolute atomic E-state index is 12.1. The van der Waals surface area contributed by atoms with Gasteiger partial charge in [-0.1, -0.05) is 44.1 Å². The largest absolute Gasteiger partial charge is 0.336 e. The van der Waals surface area contributed by atoms with Crippen LogP contribution in [0.5, 0.6) is 0 Å². The first-order valence-electron chi connectivity index (χ1n) is 7.17. The predicted molar refractivity (Wildman–Crippen MR) is 96.3 cm³/mol. The zero-order chi connectivity index (χ0) is 18.8. The van der Waals surface area contributed by atoms with Crippen molar-refractivity contribution in [3.63, 3.8) is 0 Å². The molecule has 0 aliphatic carbocycles. The van der Waals surface area contributed by atoms with Gasteiger partial charge in [-0.05, 0) is 6.07 Å². The number of carbonyl (C=O) groups excluding carboxylic acids is 1. The first kappa shape index (κ1) is 19.0. The highest BCUT2D eigenvalue weighted by molar-refractivity contribution is 7.99. The second-order valence-electron chi connectivity index (χ2n) is 6.18. The number of aromatic nitrogens is 3. The molecule has 0 fully saturated rings. The lowest BCUT2D eigenvalue weighted by Gasteiger charge is -2.16. The Labute approximate surface area is 153 Å². The van der Waals surface area contributed by atoms with Crippen molar-refractivity contribution in [1.82, 2.24) is 14.9 Å². The summed E-state index contributed by atoms with van der Waals surface area (Å²) in [6, 6.07) is 3.82. The number of hydrogen-bond donors (Lipinski definition) is 2. The smallest absolute Gasteiger partial charge is 0.271 e. The average Bonchev–Trinajstić information content (AvgIpc) is 2.88. The number of halogens is 1. The fourth-order valence-electron chi connectivity index (χ4n) is 1.93. The minimum Gasteiger partial charge on any atom is -0.336 e. The summed E-state index contributed by atoms with van der Waals surface area (Å²) in [6.07, 6.45) is 0. The Hall–Kier alpha value is -2.33. The van der Waals surface area contributed by atoms with Crippen LogP contribution < -0.4 is 11.2 Å². The molecule has 25 heavy (non-hydrogen) atoms. The number of non-ortho nitro benzene ring substituents is 1. The second-order valence-corrected chi connectivity index (χ2v) is 7.53. The molecule has 134 valence electrons. The molecule has 1 aromatic carbocycles. The Kier molecular flexibility index (Phi) is 5.53. The molecular formula is C14H17ClN6O3S. The molecular weight excluding hydrogens is 368 g/mol. The van der Waals surface area contributed by atoms with Gasteiger partial charge in [-0.3, -0.25) is 14.9 Å². The van der Waals surface area contributed by atoms with Gasteiger partial charge >= 0.3 is 0 Å². The lowest BCUT2D eigenvalue weighted by atomic mass is 9.96. The number of anilines is 1. The van der Waals surface area contributed by atoms with Crippen LogP contribution in [0.15, 0.2) is 23.4 Å². The van der Waals surface area contributed by atoms with E-state index < -0.39 is 10.8 Å².